The molecule has 0 heterocycles. The lowest BCUT2D eigenvalue weighted by Gasteiger charge is -2.18. The van der Waals surface area contributed by atoms with Crippen LogP contribution < -0.4 is 11.5 Å². The Balaban J connectivity index is 3.36. The van der Waals surface area contributed by atoms with E-state index in [1.165, 1.54) is 0 Å². The van der Waals surface area contributed by atoms with Crippen molar-refractivity contribution in [1.82, 2.24) is 0 Å². The van der Waals surface area contributed by atoms with Crippen LogP contribution in [-0.4, -0.2) is 5.66 Å². The summed E-state index contributed by atoms with van der Waals surface area (Å²) in [5, 5.41) is 0. The summed E-state index contributed by atoms with van der Waals surface area (Å²) in [7, 11) is 0. The molecule has 7 heavy (non-hydrogen) atoms. The molecule has 0 aromatic rings. The average Bonchev–Trinajstić information content (AvgIpc) is 1.68. The van der Waals surface area contributed by atoms with Crippen LogP contribution in [0, 0.1) is 6.92 Å². The van der Waals surface area contributed by atoms with Gasteiger partial charge in [0, 0.05) is 0 Å². The smallest absolute Gasteiger partial charge is 0.0633 e. The fraction of sp³-hybridized carbons (Fsp3) is 0.800. The minimum Gasteiger partial charge on any atom is -0.314 e. The van der Waals surface area contributed by atoms with E-state index in [0.717, 1.165) is 6.42 Å². The monoisotopic (exact) mass is 101 g/mol. The van der Waals surface area contributed by atoms with E-state index in [2.05, 4.69) is 6.92 Å². The van der Waals surface area contributed by atoms with Crippen molar-refractivity contribution in [3.63, 3.8) is 0 Å². The predicted octanol–water partition coefficient (Wildman–Crippen LogP) is 0.234. The van der Waals surface area contributed by atoms with Crippen molar-refractivity contribution in [3.05, 3.63) is 6.92 Å². The SMILES string of the molecule is [CH2]CC(N)(N)CC. The zero-order valence-electron chi connectivity index (χ0n) is 4.78. The lowest BCUT2D eigenvalue weighted by Crippen LogP contribution is -2.47. The Bertz CT molecular complexity index is 44.0. The van der Waals surface area contributed by atoms with Crippen LogP contribution >= 0.6 is 0 Å². The number of hydrogen-bond acceptors (Lipinski definition) is 2. The Morgan fingerprint density at radius 1 is 1.57 bits per heavy atom. The highest BCUT2D eigenvalue weighted by atomic mass is 14.9. The maximum Gasteiger partial charge on any atom is 0.0633 e. The lowest BCUT2D eigenvalue weighted by atomic mass is 10.1. The van der Waals surface area contributed by atoms with Crippen LogP contribution in [0.5, 0.6) is 0 Å². The number of rotatable bonds is 2. The van der Waals surface area contributed by atoms with Crippen molar-refractivity contribution in [1.29, 1.82) is 0 Å². The van der Waals surface area contributed by atoms with E-state index in [1.807, 2.05) is 6.92 Å². The second-order valence-corrected chi connectivity index (χ2v) is 1.84. The summed E-state index contributed by atoms with van der Waals surface area (Å²) in [6, 6.07) is 0. The van der Waals surface area contributed by atoms with E-state index < -0.39 is 5.66 Å². The first-order valence-electron chi connectivity index (χ1n) is 2.49. The van der Waals surface area contributed by atoms with Gasteiger partial charge in [-0.15, -0.1) is 0 Å². The van der Waals surface area contributed by atoms with Crippen LogP contribution in [0.4, 0.5) is 0 Å². The molecule has 43 valence electrons. The third-order valence-corrected chi connectivity index (χ3v) is 1.12. The molecule has 0 aliphatic carbocycles. The maximum atomic E-state index is 5.43. The molecule has 0 bridgehead atoms. The van der Waals surface area contributed by atoms with Crippen LogP contribution in [-0.2, 0) is 0 Å². The zero-order chi connectivity index (χ0) is 5.91. The fourth-order valence-corrected chi connectivity index (χ4v) is 0.177. The fourth-order valence-electron chi connectivity index (χ4n) is 0.177. The zero-order valence-corrected chi connectivity index (χ0v) is 4.78. The first kappa shape index (κ1) is 6.92. The van der Waals surface area contributed by atoms with Gasteiger partial charge < -0.3 is 11.5 Å². The number of hydrogen-bond donors (Lipinski definition) is 2. The minimum atomic E-state index is -0.528. The van der Waals surface area contributed by atoms with Gasteiger partial charge in [0.2, 0.25) is 0 Å². The molecule has 0 rings (SSSR count). The Hall–Kier alpha value is -0.0800. The third-order valence-electron chi connectivity index (χ3n) is 1.12. The summed E-state index contributed by atoms with van der Waals surface area (Å²) in [6.45, 7) is 5.53. The Labute approximate surface area is 44.9 Å². The molecule has 0 amide bonds. The molecular formula is C5H13N2. The van der Waals surface area contributed by atoms with Gasteiger partial charge in [-0.1, -0.05) is 13.8 Å². The van der Waals surface area contributed by atoms with E-state index in [4.69, 9.17) is 11.5 Å². The number of nitrogens with two attached hydrogens (primary N) is 2. The van der Waals surface area contributed by atoms with E-state index in [1.54, 1.807) is 0 Å². The molecule has 0 fully saturated rings. The van der Waals surface area contributed by atoms with Crippen molar-refractivity contribution in [3.8, 4) is 0 Å². The van der Waals surface area contributed by atoms with Crippen molar-refractivity contribution >= 4 is 0 Å². The molecule has 4 N–H and O–H groups in total. The van der Waals surface area contributed by atoms with Crippen LogP contribution in [0.3, 0.4) is 0 Å². The van der Waals surface area contributed by atoms with Crippen molar-refractivity contribution in [2.45, 2.75) is 25.4 Å². The van der Waals surface area contributed by atoms with E-state index in [0.29, 0.717) is 6.42 Å². The summed E-state index contributed by atoms with van der Waals surface area (Å²) < 4.78 is 0. The Kier molecular flexibility index (Phi) is 2.26. The minimum absolute atomic E-state index is 0.528. The van der Waals surface area contributed by atoms with Crippen molar-refractivity contribution in [2.24, 2.45) is 11.5 Å². The molecule has 0 aliphatic heterocycles. The molecule has 0 spiro atoms. The topological polar surface area (TPSA) is 52.0 Å². The normalized spacial score (nSPS) is 12.0. The molecule has 0 saturated heterocycles. The highest BCUT2D eigenvalue weighted by Gasteiger charge is 2.10. The van der Waals surface area contributed by atoms with E-state index >= 15 is 0 Å². The van der Waals surface area contributed by atoms with Crippen LogP contribution in [0.1, 0.15) is 19.8 Å². The second-order valence-electron chi connectivity index (χ2n) is 1.84. The Morgan fingerprint density at radius 3 is 2.00 bits per heavy atom. The molecule has 2 nitrogen and oxygen atoms in total. The molecule has 0 atom stereocenters. The summed E-state index contributed by atoms with van der Waals surface area (Å²) in [4.78, 5) is 0. The van der Waals surface area contributed by atoms with Crippen molar-refractivity contribution < 1.29 is 0 Å². The molecule has 2 heteroatoms. The molecule has 0 unspecified atom stereocenters. The quantitative estimate of drug-likeness (QED) is 0.489. The third kappa shape index (κ3) is 2.60. The predicted molar refractivity (Wildman–Crippen MR) is 31.4 cm³/mol. The van der Waals surface area contributed by atoms with Gasteiger partial charge in [0.1, 0.15) is 0 Å². The van der Waals surface area contributed by atoms with Crippen LogP contribution in [0.15, 0.2) is 0 Å². The largest absolute Gasteiger partial charge is 0.314 e. The molecule has 0 aliphatic rings. The van der Waals surface area contributed by atoms with Gasteiger partial charge in [-0.2, -0.15) is 0 Å². The van der Waals surface area contributed by atoms with Gasteiger partial charge in [-0.3, -0.25) is 0 Å². The Morgan fingerprint density at radius 2 is 2.00 bits per heavy atom. The van der Waals surface area contributed by atoms with Gasteiger partial charge >= 0.3 is 0 Å². The van der Waals surface area contributed by atoms with Gasteiger partial charge in [0.15, 0.2) is 0 Å². The van der Waals surface area contributed by atoms with Crippen LogP contribution in [0.25, 0.3) is 0 Å². The van der Waals surface area contributed by atoms with Gasteiger partial charge in [-0.25, -0.2) is 0 Å². The highest BCUT2D eigenvalue weighted by molar-refractivity contribution is 4.74. The first-order chi connectivity index (χ1) is 3.12. The van der Waals surface area contributed by atoms with Gasteiger partial charge in [0.25, 0.3) is 0 Å². The average molecular weight is 101 g/mol. The molecule has 0 aromatic heterocycles. The van der Waals surface area contributed by atoms with E-state index in [9.17, 15) is 0 Å². The summed E-state index contributed by atoms with van der Waals surface area (Å²) in [5.41, 5.74) is 10.3. The summed E-state index contributed by atoms with van der Waals surface area (Å²) >= 11 is 0. The first-order valence-corrected chi connectivity index (χ1v) is 2.49. The van der Waals surface area contributed by atoms with Crippen LogP contribution in [0.2, 0.25) is 0 Å². The lowest BCUT2D eigenvalue weighted by molar-refractivity contribution is 0.431. The second kappa shape index (κ2) is 2.28. The highest BCUT2D eigenvalue weighted by Crippen LogP contribution is 1.99. The van der Waals surface area contributed by atoms with Gasteiger partial charge in [-0.05, 0) is 12.8 Å². The summed E-state index contributed by atoms with van der Waals surface area (Å²) in [5.74, 6) is 0. The molecular weight excluding hydrogens is 88.1 g/mol. The van der Waals surface area contributed by atoms with Gasteiger partial charge in [0.05, 0.1) is 5.66 Å². The molecule has 0 aromatic carbocycles. The standard InChI is InChI=1S/C5H13N2/c1-3-5(6,7)4-2/h1,3-4,6-7H2,2H3. The van der Waals surface area contributed by atoms with E-state index in [-0.39, 0.29) is 0 Å². The van der Waals surface area contributed by atoms with Crippen molar-refractivity contribution in [2.75, 3.05) is 0 Å². The summed E-state index contributed by atoms with van der Waals surface area (Å²) in [6.07, 6.45) is 1.39. The molecule has 1 radical (unpaired) electrons. The maximum absolute atomic E-state index is 5.43. The molecule has 0 saturated carbocycles.